The summed E-state index contributed by atoms with van der Waals surface area (Å²) in [6.45, 7) is -0.0916. The minimum Gasteiger partial charge on any atom is -0.399 e. The topological polar surface area (TPSA) is 154 Å². The molecule has 8 N–H and O–H groups in total. The van der Waals surface area contributed by atoms with Gasteiger partial charge in [-0.25, -0.2) is 15.7 Å². The third kappa shape index (κ3) is 8.14. The molecule has 0 spiro atoms. The lowest BCUT2D eigenvalue weighted by Gasteiger charge is -2.26. The number of amides is 2. The predicted octanol–water partition coefficient (Wildman–Crippen LogP) is 2.20. The second-order valence-corrected chi connectivity index (χ2v) is 8.50. The summed E-state index contributed by atoms with van der Waals surface area (Å²) in [7, 11) is 0. The van der Waals surface area contributed by atoms with Crippen molar-refractivity contribution in [2.24, 2.45) is 11.6 Å². The molecule has 0 bridgehead atoms. The highest BCUT2D eigenvalue weighted by atomic mass is 19.1. The zero-order valence-corrected chi connectivity index (χ0v) is 20.1. The van der Waals surface area contributed by atoms with Gasteiger partial charge in [-0.15, -0.1) is 0 Å². The average molecular weight is 508 g/mol. The summed E-state index contributed by atoms with van der Waals surface area (Å²) >= 11 is 0. The molecular weight excluding hydrogens is 477 g/mol. The van der Waals surface area contributed by atoms with Gasteiger partial charge < -0.3 is 21.2 Å². The van der Waals surface area contributed by atoms with Crippen molar-refractivity contribution >= 4 is 11.8 Å². The maximum atomic E-state index is 13.1. The number of aliphatic hydroxyl groups excluding tert-OH is 1. The van der Waals surface area contributed by atoms with Crippen LogP contribution in [0.2, 0.25) is 0 Å². The number of nitrogens with two attached hydrogens (primary N) is 2. The Kier molecular flexibility index (Phi) is 9.73. The summed E-state index contributed by atoms with van der Waals surface area (Å²) in [6.07, 6.45) is 1.64. The highest BCUT2D eigenvalue weighted by Gasteiger charge is 2.19. The maximum absolute atomic E-state index is 13.1. The lowest BCUT2D eigenvalue weighted by atomic mass is 9.97. The van der Waals surface area contributed by atoms with Gasteiger partial charge in [0.25, 0.3) is 5.91 Å². The molecule has 37 heavy (non-hydrogen) atoms. The van der Waals surface area contributed by atoms with Gasteiger partial charge in [-0.1, -0.05) is 42.5 Å². The van der Waals surface area contributed by atoms with Crippen LogP contribution in [-0.4, -0.2) is 39.7 Å². The largest absolute Gasteiger partial charge is 0.399 e. The number of benzene rings is 3. The Balaban J connectivity index is 1.71. The first-order valence-corrected chi connectivity index (χ1v) is 11.5. The standard InChI is InChI=1S/C27H30FN5O4/c28-23-9-7-20(8-10-23)27(36)31-15-24(29)16-33(30)25(14-26(35)32-37)13-18-3-1-5-21(11-18)22-6-2-4-19(12-22)17-34/h1-12,16,25,34,37H,13-15,17,29-30H2,(H,31,36)(H,32,35)/b24-16-. The van der Waals surface area contributed by atoms with E-state index in [9.17, 15) is 19.1 Å². The number of hydrazine groups is 1. The Bertz CT molecular complexity index is 1250. The van der Waals surface area contributed by atoms with Crippen LogP contribution < -0.4 is 22.4 Å². The van der Waals surface area contributed by atoms with E-state index >= 15 is 0 Å². The van der Waals surface area contributed by atoms with Gasteiger partial charge >= 0.3 is 0 Å². The van der Waals surface area contributed by atoms with Gasteiger partial charge in [0, 0.05) is 17.5 Å². The quantitative estimate of drug-likeness (QED) is 0.132. The van der Waals surface area contributed by atoms with Gasteiger partial charge in [0.1, 0.15) is 5.82 Å². The highest BCUT2D eigenvalue weighted by Crippen LogP contribution is 2.23. The molecule has 3 aromatic carbocycles. The van der Waals surface area contributed by atoms with Crippen LogP contribution in [0.3, 0.4) is 0 Å². The Morgan fingerprint density at radius 1 is 1.00 bits per heavy atom. The summed E-state index contributed by atoms with van der Waals surface area (Å²) in [5.41, 5.74) is 11.7. The highest BCUT2D eigenvalue weighted by molar-refractivity contribution is 5.94. The van der Waals surface area contributed by atoms with E-state index in [0.29, 0.717) is 6.42 Å². The van der Waals surface area contributed by atoms with E-state index < -0.39 is 23.7 Å². The number of aliphatic hydroxyl groups is 1. The molecule has 3 rings (SSSR count). The number of carbonyl (C=O) groups is 2. The van der Waals surface area contributed by atoms with Crippen molar-refractivity contribution in [3.8, 4) is 11.1 Å². The minimum atomic E-state index is -0.621. The third-order valence-corrected chi connectivity index (χ3v) is 5.68. The van der Waals surface area contributed by atoms with Crippen molar-refractivity contribution in [1.29, 1.82) is 0 Å². The monoisotopic (exact) mass is 507 g/mol. The first-order chi connectivity index (χ1) is 17.8. The first kappa shape index (κ1) is 27.3. The predicted molar refractivity (Wildman–Crippen MR) is 137 cm³/mol. The Morgan fingerprint density at radius 2 is 1.62 bits per heavy atom. The molecule has 0 aromatic heterocycles. The number of hydrogen-bond donors (Lipinski definition) is 6. The number of hydroxylamine groups is 1. The van der Waals surface area contributed by atoms with E-state index in [1.54, 1.807) is 5.48 Å². The molecule has 0 heterocycles. The van der Waals surface area contributed by atoms with Crippen LogP contribution in [0.25, 0.3) is 11.1 Å². The van der Waals surface area contributed by atoms with Crippen molar-refractivity contribution < 1.29 is 24.3 Å². The van der Waals surface area contributed by atoms with Crippen molar-refractivity contribution in [3.63, 3.8) is 0 Å². The third-order valence-electron chi connectivity index (χ3n) is 5.68. The lowest BCUT2D eigenvalue weighted by Crippen LogP contribution is -2.42. The molecule has 9 nitrogen and oxygen atoms in total. The van der Waals surface area contributed by atoms with Gasteiger partial charge in [0.15, 0.2) is 0 Å². The molecule has 2 amide bonds. The van der Waals surface area contributed by atoms with Crippen LogP contribution >= 0.6 is 0 Å². The molecule has 194 valence electrons. The number of rotatable bonds is 11. The van der Waals surface area contributed by atoms with Gasteiger partial charge in [0.2, 0.25) is 5.91 Å². The fourth-order valence-electron chi connectivity index (χ4n) is 3.77. The van der Waals surface area contributed by atoms with E-state index in [2.05, 4.69) is 5.32 Å². The molecule has 0 fully saturated rings. The van der Waals surface area contributed by atoms with Crippen LogP contribution in [0.4, 0.5) is 4.39 Å². The Hall–Kier alpha value is -4.25. The second-order valence-electron chi connectivity index (χ2n) is 8.50. The summed E-state index contributed by atoms with van der Waals surface area (Å²) in [6, 6.07) is 19.7. The molecule has 1 atom stereocenters. The number of hydrogen-bond acceptors (Lipinski definition) is 7. The van der Waals surface area contributed by atoms with Crippen molar-refractivity contribution in [3.05, 3.63) is 107 Å². The average Bonchev–Trinajstić information content (AvgIpc) is 2.91. The van der Waals surface area contributed by atoms with E-state index in [0.717, 1.165) is 22.3 Å². The molecule has 1 unspecified atom stereocenters. The van der Waals surface area contributed by atoms with Gasteiger partial charge in [-0.2, -0.15) is 0 Å². The fourth-order valence-corrected chi connectivity index (χ4v) is 3.77. The molecule has 0 radical (unpaired) electrons. The fraction of sp³-hybridized carbons (Fsp3) is 0.185. The lowest BCUT2D eigenvalue weighted by molar-refractivity contribution is -0.130. The first-order valence-electron chi connectivity index (χ1n) is 11.5. The van der Waals surface area contributed by atoms with E-state index in [1.165, 1.54) is 35.5 Å². The van der Waals surface area contributed by atoms with Crippen LogP contribution in [-0.2, 0) is 17.8 Å². The van der Waals surface area contributed by atoms with Crippen LogP contribution in [0, 0.1) is 5.82 Å². The van der Waals surface area contributed by atoms with Gasteiger partial charge in [-0.05, 0) is 59.0 Å². The smallest absolute Gasteiger partial charge is 0.251 e. The molecule has 3 aromatic rings. The van der Waals surface area contributed by atoms with Crippen LogP contribution in [0.5, 0.6) is 0 Å². The zero-order valence-electron chi connectivity index (χ0n) is 20.1. The molecule has 10 heteroatoms. The minimum absolute atomic E-state index is 0.0283. The summed E-state index contributed by atoms with van der Waals surface area (Å²) in [5, 5.41) is 22.4. The van der Waals surface area contributed by atoms with Crippen LogP contribution in [0.1, 0.15) is 27.9 Å². The number of nitrogens with zero attached hydrogens (tertiary/aromatic N) is 1. The molecular formula is C27H30FN5O4. The second kappa shape index (κ2) is 13.2. The summed E-state index contributed by atoms with van der Waals surface area (Å²) < 4.78 is 13.1. The Morgan fingerprint density at radius 3 is 2.24 bits per heavy atom. The molecule has 0 aliphatic carbocycles. The van der Waals surface area contributed by atoms with E-state index in [1.807, 2.05) is 48.5 Å². The molecule has 0 aliphatic rings. The zero-order chi connectivity index (χ0) is 26.8. The number of carbonyl (C=O) groups excluding carboxylic acids is 2. The molecule has 0 saturated carbocycles. The van der Waals surface area contributed by atoms with Crippen LogP contribution in [0.15, 0.2) is 84.7 Å². The molecule has 0 aliphatic heterocycles. The normalized spacial score (nSPS) is 12.1. The van der Waals surface area contributed by atoms with Crippen molar-refractivity contribution in [1.82, 2.24) is 15.8 Å². The van der Waals surface area contributed by atoms with E-state index in [4.69, 9.17) is 16.8 Å². The van der Waals surface area contributed by atoms with Crippen molar-refractivity contribution in [2.75, 3.05) is 6.54 Å². The number of halogens is 1. The SMILES string of the molecule is N/C(=C\N(N)C(CC(=O)NO)Cc1cccc(-c2cccc(CO)c2)c1)CNC(=O)c1ccc(F)cc1. The summed E-state index contributed by atoms with van der Waals surface area (Å²) in [4.78, 5) is 24.2. The van der Waals surface area contributed by atoms with Gasteiger partial charge in [0.05, 0.1) is 25.6 Å². The maximum Gasteiger partial charge on any atom is 0.251 e. The number of nitrogens with one attached hydrogen (secondary N) is 2. The molecule has 0 saturated heterocycles. The van der Waals surface area contributed by atoms with Crippen molar-refractivity contribution in [2.45, 2.75) is 25.5 Å². The Labute approximate surface area is 214 Å². The summed E-state index contributed by atoms with van der Waals surface area (Å²) in [5.74, 6) is 4.72. The van der Waals surface area contributed by atoms with E-state index in [-0.39, 0.29) is 30.8 Å². The van der Waals surface area contributed by atoms with Gasteiger partial charge in [-0.3, -0.25) is 14.8 Å².